The quantitative estimate of drug-likeness (QED) is 0.727. The van der Waals surface area contributed by atoms with Crippen LogP contribution in [0, 0.1) is 0 Å². The third-order valence-electron chi connectivity index (χ3n) is 4.73. The molecule has 6 nitrogen and oxygen atoms in total. The number of benzene rings is 1. The number of phenols is 1. The van der Waals surface area contributed by atoms with Crippen molar-refractivity contribution in [1.82, 2.24) is 14.9 Å². The molecule has 0 saturated heterocycles. The smallest absolute Gasteiger partial charge is 0.169 e. The number of thiophene rings is 1. The van der Waals surface area contributed by atoms with E-state index in [2.05, 4.69) is 9.88 Å². The fraction of sp³-hybridized carbons (Fsp3) is 0.300. The predicted octanol–water partition coefficient (Wildman–Crippen LogP) is 3.49. The summed E-state index contributed by atoms with van der Waals surface area (Å²) in [5.41, 5.74) is 3.20. The normalized spacial score (nSPS) is 14.0. The van der Waals surface area contributed by atoms with Gasteiger partial charge in [0.05, 0.1) is 30.4 Å². The Morgan fingerprint density at radius 3 is 2.67 bits per heavy atom. The van der Waals surface area contributed by atoms with E-state index in [1.165, 1.54) is 0 Å². The van der Waals surface area contributed by atoms with Gasteiger partial charge in [0, 0.05) is 49.9 Å². The molecule has 1 aliphatic rings. The monoisotopic (exact) mass is 383 g/mol. The summed E-state index contributed by atoms with van der Waals surface area (Å²) in [6.07, 6.45) is 2.81. The van der Waals surface area contributed by atoms with Crippen LogP contribution in [0.5, 0.6) is 17.2 Å². The number of methoxy groups -OCH3 is 2. The molecule has 0 atom stereocenters. The van der Waals surface area contributed by atoms with E-state index in [1.807, 2.05) is 23.7 Å². The van der Waals surface area contributed by atoms with Crippen molar-refractivity contribution in [3.05, 3.63) is 52.7 Å². The lowest BCUT2D eigenvalue weighted by Gasteiger charge is -2.29. The van der Waals surface area contributed by atoms with Crippen molar-refractivity contribution in [2.24, 2.45) is 0 Å². The minimum Gasteiger partial charge on any atom is -0.508 e. The van der Waals surface area contributed by atoms with E-state index in [1.54, 1.807) is 37.7 Å². The van der Waals surface area contributed by atoms with Gasteiger partial charge in [0.1, 0.15) is 17.2 Å². The number of hydrogen-bond donors (Lipinski definition) is 1. The molecule has 1 N–H and O–H groups in total. The van der Waals surface area contributed by atoms with Gasteiger partial charge in [0.25, 0.3) is 0 Å². The Morgan fingerprint density at radius 1 is 1.22 bits per heavy atom. The summed E-state index contributed by atoms with van der Waals surface area (Å²) in [6, 6.07) is 7.30. The molecule has 0 saturated carbocycles. The van der Waals surface area contributed by atoms with Gasteiger partial charge in [-0.2, -0.15) is 0 Å². The lowest BCUT2D eigenvalue weighted by molar-refractivity contribution is 0.234. The third-order valence-corrected chi connectivity index (χ3v) is 5.59. The fourth-order valence-electron chi connectivity index (χ4n) is 3.38. The van der Waals surface area contributed by atoms with Gasteiger partial charge in [-0.1, -0.05) is 6.07 Å². The highest BCUT2D eigenvalue weighted by atomic mass is 32.1. The third kappa shape index (κ3) is 3.61. The molecular formula is C20H21N3O3S. The Kier molecular flexibility index (Phi) is 4.96. The van der Waals surface area contributed by atoms with Gasteiger partial charge in [-0.3, -0.25) is 4.90 Å². The molecule has 140 valence electrons. The van der Waals surface area contributed by atoms with Crippen molar-refractivity contribution in [1.29, 1.82) is 0 Å². The molecule has 3 aromatic rings. The highest BCUT2D eigenvalue weighted by Crippen LogP contribution is 2.35. The maximum Gasteiger partial charge on any atom is 0.169 e. The van der Waals surface area contributed by atoms with Crippen molar-refractivity contribution < 1.29 is 14.6 Å². The van der Waals surface area contributed by atoms with Crippen LogP contribution < -0.4 is 9.47 Å². The number of aromatic nitrogens is 2. The van der Waals surface area contributed by atoms with E-state index in [-0.39, 0.29) is 5.75 Å². The number of aromatic hydroxyl groups is 1. The predicted molar refractivity (Wildman–Crippen MR) is 104 cm³/mol. The number of ether oxygens (including phenoxy) is 2. The van der Waals surface area contributed by atoms with Crippen LogP contribution in [0.3, 0.4) is 0 Å². The second-order valence-electron chi connectivity index (χ2n) is 6.43. The molecular weight excluding hydrogens is 362 g/mol. The molecule has 7 heteroatoms. The lowest BCUT2D eigenvalue weighted by Crippen LogP contribution is -2.31. The maximum atomic E-state index is 9.83. The molecule has 0 aliphatic carbocycles. The molecule has 0 spiro atoms. The van der Waals surface area contributed by atoms with Gasteiger partial charge >= 0.3 is 0 Å². The highest BCUT2D eigenvalue weighted by molar-refractivity contribution is 7.13. The van der Waals surface area contributed by atoms with Crippen LogP contribution in [0.15, 0.2) is 35.8 Å². The summed E-state index contributed by atoms with van der Waals surface area (Å²) in [4.78, 5) is 12.7. The van der Waals surface area contributed by atoms with Gasteiger partial charge in [-0.25, -0.2) is 9.97 Å². The first-order chi connectivity index (χ1) is 13.2. The Labute approximate surface area is 162 Å². The first-order valence-electron chi connectivity index (χ1n) is 8.73. The minimum absolute atomic E-state index is 0.131. The molecule has 3 heterocycles. The standard InChI is InChI=1S/C20H21N3O3S/c1-25-17-8-14(24)9-18(26-2)15(17)12-23-6-5-16-13(11-23)10-21-20(22-16)19-4-3-7-27-19/h3-4,7-10,24H,5-6,11-12H2,1-2H3. The molecule has 0 bridgehead atoms. The van der Waals surface area contributed by atoms with E-state index < -0.39 is 0 Å². The zero-order chi connectivity index (χ0) is 18.8. The molecule has 27 heavy (non-hydrogen) atoms. The number of fused-ring (bicyclic) bond motifs is 1. The Hall–Kier alpha value is -2.64. The first-order valence-corrected chi connectivity index (χ1v) is 9.60. The molecule has 0 amide bonds. The van der Waals surface area contributed by atoms with Gasteiger partial charge in [0.2, 0.25) is 0 Å². The second-order valence-corrected chi connectivity index (χ2v) is 7.38. The van der Waals surface area contributed by atoms with Crippen LogP contribution in [-0.2, 0) is 19.5 Å². The summed E-state index contributed by atoms with van der Waals surface area (Å²) in [5.74, 6) is 2.19. The van der Waals surface area contributed by atoms with E-state index in [4.69, 9.17) is 14.5 Å². The van der Waals surface area contributed by atoms with Gasteiger partial charge in [-0.15, -0.1) is 11.3 Å². The van der Waals surface area contributed by atoms with E-state index in [0.717, 1.165) is 47.0 Å². The van der Waals surface area contributed by atoms with E-state index >= 15 is 0 Å². The number of phenolic OH excluding ortho intramolecular Hbond substituents is 1. The largest absolute Gasteiger partial charge is 0.508 e. The number of hydrogen-bond acceptors (Lipinski definition) is 7. The van der Waals surface area contributed by atoms with Crippen LogP contribution in [0.2, 0.25) is 0 Å². The van der Waals surface area contributed by atoms with Crippen molar-refractivity contribution >= 4 is 11.3 Å². The maximum absolute atomic E-state index is 9.83. The van der Waals surface area contributed by atoms with Crippen molar-refractivity contribution in [2.75, 3.05) is 20.8 Å². The van der Waals surface area contributed by atoms with Crippen LogP contribution >= 0.6 is 11.3 Å². The summed E-state index contributed by atoms with van der Waals surface area (Å²) >= 11 is 1.65. The Balaban J connectivity index is 1.56. The minimum atomic E-state index is 0.131. The van der Waals surface area contributed by atoms with Crippen molar-refractivity contribution in [3.8, 4) is 28.0 Å². The summed E-state index contributed by atoms with van der Waals surface area (Å²) in [7, 11) is 3.20. The average Bonchev–Trinajstić information content (AvgIpc) is 3.23. The molecule has 1 aromatic carbocycles. The van der Waals surface area contributed by atoms with E-state index in [0.29, 0.717) is 18.0 Å². The van der Waals surface area contributed by atoms with Crippen LogP contribution in [0.1, 0.15) is 16.8 Å². The molecule has 0 fully saturated rings. The fourth-order valence-corrected chi connectivity index (χ4v) is 4.05. The highest BCUT2D eigenvalue weighted by Gasteiger charge is 2.22. The van der Waals surface area contributed by atoms with Gasteiger partial charge in [0.15, 0.2) is 5.82 Å². The van der Waals surface area contributed by atoms with Crippen LogP contribution in [0.25, 0.3) is 10.7 Å². The Morgan fingerprint density at radius 2 is 2.00 bits per heavy atom. The zero-order valence-corrected chi connectivity index (χ0v) is 16.1. The van der Waals surface area contributed by atoms with Crippen molar-refractivity contribution in [2.45, 2.75) is 19.5 Å². The average molecular weight is 383 g/mol. The summed E-state index contributed by atoms with van der Waals surface area (Å²) < 4.78 is 10.9. The topological polar surface area (TPSA) is 67.7 Å². The number of nitrogens with zero attached hydrogens (tertiary/aromatic N) is 3. The molecule has 1 aliphatic heterocycles. The summed E-state index contributed by atoms with van der Waals surface area (Å²) in [6.45, 7) is 2.33. The van der Waals surface area contributed by atoms with E-state index in [9.17, 15) is 5.11 Å². The lowest BCUT2D eigenvalue weighted by atomic mass is 10.1. The molecule has 4 rings (SSSR count). The molecule has 2 aromatic heterocycles. The first kappa shape index (κ1) is 17.8. The molecule has 0 radical (unpaired) electrons. The summed E-state index contributed by atoms with van der Waals surface area (Å²) in [5, 5.41) is 11.9. The second kappa shape index (κ2) is 7.54. The van der Waals surface area contributed by atoms with Crippen molar-refractivity contribution in [3.63, 3.8) is 0 Å². The van der Waals surface area contributed by atoms with Crippen LogP contribution in [0.4, 0.5) is 0 Å². The van der Waals surface area contributed by atoms with Gasteiger partial charge in [-0.05, 0) is 11.4 Å². The SMILES string of the molecule is COc1cc(O)cc(OC)c1CN1CCc2nc(-c3cccs3)ncc2C1. The molecule has 0 unspecified atom stereocenters. The van der Waals surface area contributed by atoms with Crippen LogP contribution in [-0.4, -0.2) is 40.7 Å². The number of rotatable bonds is 5. The van der Waals surface area contributed by atoms with Gasteiger partial charge < -0.3 is 14.6 Å². The Bertz CT molecular complexity index is 919. The zero-order valence-electron chi connectivity index (χ0n) is 15.3.